The van der Waals surface area contributed by atoms with Gasteiger partial charge in [-0.15, -0.1) is 0 Å². The minimum atomic E-state index is -0.0223. The van der Waals surface area contributed by atoms with Crippen LogP contribution in [0.3, 0.4) is 0 Å². The highest BCUT2D eigenvalue weighted by Gasteiger charge is 2.15. The quantitative estimate of drug-likeness (QED) is 0.651. The number of methoxy groups -OCH3 is 1. The summed E-state index contributed by atoms with van der Waals surface area (Å²) in [5.41, 5.74) is 0. The zero-order valence-corrected chi connectivity index (χ0v) is 8.62. The first-order chi connectivity index (χ1) is 6.13. The zero-order chi connectivity index (χ0) is 10.3. The van der Waals surface area contributed by atoms with E-state index >= 15 is 0 Å². The van der Waals surface area contributed by atoms with Gasteiger partial charge in [0.05, 0.1) is 0 Å². The fourth-order valence-electron chi connectivity index (χ4n) is 1.12. The van der Waals surface area contributed by atoms with E-state index in [1.165, 1.54) is 7.11 Å². The van der Waals surface area contributed by atoms with Crippen molar-refractivity contribution < 1.29 is 14.6 Å². The van der Waals surface area contributed by atoms with Crippen molar-refractivity contribution in [1.29, 1.82) is 0 Å². The molecule has 0 bridgehead atoms. The molecule has 0 aliphatic rings. The average Bonchev–Trinajstić information content (AvgIpc) is 2.05. The van der Waals surface area contributed by atoms with Crippen LogP contribution in [-0.4, -0.2) is 48.8 Å². The first-order valence-electron chi connectivity index (χ1n) is 4.52. The van der Waals surface area contributed by atoms with Crippen molar-refractivity contribution in [3.05, 3.63) is 0 Å². The minimum absolute atomic E-state index is 0.0223. The van der Waals surface area contributed by atoms with Crippen molar-refractivity contribution in [3.8, 4) is 0 Å². The van der Waals surface area contributed by atoms with Crippen LogP contribution >= 0.6 is 0 Å². The molecule has 0 aliphatic carbocycles. The van der Waals surface area contributed by atoms with E-state index in [4.69, 9.17) is 9.84 Å². The Morgan fingerprint density at radius 3 is 2.54 bits per heavy atom. The summed E-state index contributed by atoms with van der Waals surface area (Å²) in [4.78, 5) is 13.1. The SMILES string of the molecule is COCC(=O)N(CCCO)C(C)C. The van der Waals surface area contributed by atoms with Crippen molar-refractivity contribution in [2.24, 2.45) is 0 Å². The number of carbonyl (C=O) groups is 1. The van der Waals surface area contributed by atoms with Crippen LogP contribution in [0.5, 0.6) is 0 Å². The summed E-state index contributed by atoms with van der Waals surface area (Å²) in [6.45, 7) is 4.72. The van der Waals surface area contributed by atoms with Crippen LogP contribution in [0.2, 0.25) is 0 Å². The Bertz CT molecular complexity index is 148. The number of hydrogen-bond acceptors (Lipinski definition) is 3. The fraction of sp³-hybridized carbons (Fsp3) is 0.889. The van der Waals surface area contributed by atoms with Gasteiger partial charge in [0.15, 0.2) is 0 Å². The third-order valence-electron chi connectivity index (χ3n) is 1.77. The third kappa shape index (κ3) is 4.85. The van der Waals surface area contributed by atoms with Crippen molar-refractivity contribution in [1.82, 2.24) is 4.90 Å². The number of rotatable bonds is 6. The number of hydrogen-bond donors (Lipinski definition) is 1. The van der Waals surface area contributed by atoms with Gasteiger partial charge in [0.1, 0.15) is 6.61 Å². The molecule has 13 heavy (non-hydrogen) atoms. The molecule has 0 aliphatic heterocycles. The molecule has 0 atom stereocenters. The number of aliphatic hydroxyl groups excluding tert-OH is 1. The largest absolute Gasteiger partial charge is 0.396 e. The molecule has 1 N–H and O–H groups in total. The van der Waals surface area contributed by atoms with Gasteiger partial charge in [-0.3, -0.25) is 4.79 Å². The minimum Gasteiger partial charge on any atom is -0.396 e. The monoisotopic (exact) mass is 189 g/mol. The normalized spacial score (nSPS) is 10.5. The lowest BCUT2D eigenvalue weighted by Crippen LogP contribution is -2.40. The lowest BCUT2D eigenvalue weighted by atomic mass is 10.3. The summed E-state index contributed by atoms with van der Waals surface area (Å²) in [5.74, 6) is -0.0223. The molecule has 0 fully saturated rings. The Kier molecular flexibility index (Phi) is 6.54. The molecule has 0 saturated carbocycles. The van der Waals surface area contributed by atoms with E-state index in [0.29, 0.717) is 13.0 Å². The maximum atomic E-state index is 11.4. The molecule has 4 nitrogen and oxygen atoms in total. The molecule has 0 aromatic carbocycles. The van der Waals surface area contributed by atoms with E-state index in [2.05, 4.69) is 0 Å². The molecular weight excluding hydrogens is 170 g/mol. The Morgan fingerprint density at radius 2 is 2.15 bits per heavy atom. The summed E-state index contributed by atoms with van der Waals surface area (Å²) < 4.78 is 4.76. The molecule has 0 unspecified atom stereocenters. The lowest BCUT2D eigenvalue weighted by molar-refractivity contribution is -0.137. The zero-order valence-electron chi connectivity index (χ0n) is 8.62. The van der Waals surface area contributed by atoms with Crippen molar-refractivity contribution in [2.45, 2.75) is 26.3 Å². The first kappa shape index (κ1) is 12.4. The molecule has 0 aromatic heterocycles. The van der Waals surface area contributed by atoms with Crippen LogP contribution in [0.25, 0.3) is 0 Å². The van der Waals surface area contributed by atoms with E-state index in [1.54, 1.807) is 4.90 Å². The highest BCUT2D eigenvalue weighted by molar-refractivity contribution is 5.77. The summed E-state index contributed by atoms with van der Waals surface area (Å²) in [7, 11) is 1.50. The van der Waals surface area contributed by atoms with Crippen molar-refractivity contribution in [2.75, 3.05) is 26.9 Å². The summed E-state index contributed by atoms with van der Waals surface area (Å²) in [5, 5.41) is 8.64. The highest BCUT2D eigenvalue weighted by Crippen LogP contribution is 2.00. The second-order valence-corrected chi connectivity index (χ2v) is 3.19. The predicted octanol–water partition coefficient (Wildman–Crippen LogP) is 0.252. The van der Waals surface area contributed by atoms with Gasteiger partial charge >= 0.3 is 0 Å². The molecular formula is C9H19NO3. The second kappa shape index (κ2) is 6.86. The van der Waals surface area contributed by atoms with Gasteiger partial charge in [-0.25, -0.2) is 0 Å². The molecule has 0 aromatic rings. The molecule has 0 rings (SSSR count). The smallest absolute Gasteiger partial charge is 0.248 e. The molecule has 0 heterocycles. The Hall–Kier alpha value is -0.610. The molecule has 4 heteroatoms. The van der Waals surface area contributed by atoms with Gasteiger partial charge in [-0.05, 0) is 20.3 Å². The fourth-order valence-corrected chi connectivity index (χ4v) is 1.12. The first-order valence-corrected chi connectivity index (χ1v) is 4.52. The number of ether oxygens (including phenoxy) is 1. The predicted molar refractivity (Wildman–Crippen MR) is 50.4 cm³/mol. The molecule has 0 spiro atoms. The highest BCUT2D eigenvalue weighted by atomic mass is 16.5. The maximum Gasteiger partial charge on any atom is 0.248 e. The molecule has 78 valence electrons. The van der Waals surface area contributed by atoms with Gasteiger partial charge in [0.2, 0.25) is 5.91 Å². The summed E-state index contributed by atoms with van der Waals surface area (Å²) in [6, 6.07) is 0.161. The van der Waals surface area contributed by atoms with Crippen LogP contribution in [0.1, 0.15) is 20.3 Å². The summed E-state index contributed by atoms with van der Waals surface area (Å²) >= 11 is 0. The third-order valence-corrected chi connectivity index (χ3v) is 1.77. The van der Waals surface area contributed by atoms with Crippen molar-refractivity contribution in [3.63, 3.8) is 0 Å². The van der Waals surface area contributed by atoms with Gasteiger partial charge in [-0.1, -0.05) is 0 Å². The van der Waals surface area contributed by atoms with Gasteiger partial charge in [0, 0.05) is 26.3 Å². The van der Waals surface area contributed by atoms with E-state index in [-0.39, 0.29) is 25.2 Å². The number of amides is 1. The molecule has 0 radical (unpaired) electrons. The maximum absolute atomic E-state index is 11.4. The van der Waals surface area contributed by atoms with Gasteiger partial charge in [-0.2, -0.15) is 0 Å². The van der Waals surface area contributed by atoms with Gasteiger partial charge in [0.25, 0.3) is 0 Å². The Morgan fingerprint density at radius 1 is 1.54 bits per heavy atom. The standard InChI is InChI=1S/C9H19NO3/c1-8(2)10(5-4-6-11)9(12)7-13-3/h8,11H,4-7H2,1-3H3. The average molecular weight is 189 g/mol. The van der Waals surface area contributed by atoms with E-state index in [0.717, 1.165) is 0 Å². The lowest BCUT2D eigenvalue weighted by Gasteiger charge is -2.26. The van der Waals surface area contributed by atoms with E-state index in [9.17, 15) is 4.79 Å². The Balaban J connectivity index is 3.99. The number of nitrogens with zero attached hydrogens (tertiary/aromatic N) is 1. The second-order valence-electron chi connectivity index (χ2n) is 3.19. The van der Waals surface area contributed by atoms with Crippen LogP contribution in [0.4, 0.5) is 0 Å². The van der Waals surface area contributed by atoms with Crippen LogP contribution < -0.4 is 0 Å². The number of carbonyl (C=O) groups excluding carboxylic acids is 1. The topological polar surface area (TPSA) is 49.8 Å². The van der Waals surface area contributed by atoms with Crippen LogP contribution in [0.15, 0.2) is 0 Å². The Labute approximate surface area is 79.5 Å². The van der Waals surface area contributed by atoms with Gasteiger partial charge < -0.3 is 14.7 Å². The van der Waals surface area contributed by atoms with Crippen LogP contribution in [0, 0.1) is 0 Å². The number of aliphatic hydroxyl groups is 1. The molecule has 0 saturated heterocycles. The van der Waals surface area contributed by atoms with Crippen molar-refractivity contribution >= 4 is 5.91 Å². The van der Waals surface area contributed by atoms with E-state index in [1.807, 2.05) is 13.8 Å². The van der Waals surface area contributed by atoms with Crippen LogP contribution in [-0.2, 0) is 9.53 Å². The molecule has 1 amide bonds. The van der Waals surface area contributed by atoms with E-state index < -0.39 is 0 Å². The summed E-state index contributed by atoms with van der Waals surface area (Å²) in [6.07, 6.45) is 0.619.